The van der Waals surface area contributed by atoms with E-state index >= 15 is 0 Å². The molecule has 5 heteroatoms. The molecular formula is C24H46O5. The van der Waals surface area contributed by atoms with E-state index in [2.05, 4.69) is 6.92 Å². The van der Waals surface area contributed by atoms with Gasteiger partial charge in [-0.15, -0.1) is 0 Å². The molecule has 0 rings (SSSR count). The predicted molar refractivity (Wildman–Crippen MR) is 118 cm³/mol. The largest absolute Gasteiger partial charge is 0.464 e. The number of hydrogen-bond donors (Lipinski definition) is 1. The van der Waals surface area contributed by atoms with E-state index in [-0.39, 0.29) is 19.0 Å². The summed E-state index contributed by atoms with van der Waals surface area (Å²) < 4.78 is 10.2. The van der Waals surface area contributed by atoms with Crippen molar-refractivity contribution < 1.29 is 24.2 Å². The minimum atomic E-state index is -1.06. The van der Waals surface area contributed by atoms with Gasteiger partial charge in [0.05, 0.1) is 6.61 Å². The van der Waals surface area contributed by atoms with E-state index in [1.807, 2.05) is 20.8 Å². The smallest absolute Gasteiger partial charge is 0.334 e. The van der Waals surface area contributed by atoms with Gasteiger partial charge in [-0.1, -0.05) is 84.0 Å². The van der Waals surface area contributed by atoms with E-state index in [9.17, 15) is 14.7 Å². The topological polar surface area (TPSA) is 72.8 Å². The molecule has 29 heavy (non-hydrogen) atoms. The molecule has 0 bridgehead atoms. The predicted octanol–water partition coefficient (Wildman–Crippen LogP) is 6.10. The minimum absolute atomic E-state index is 0.133. The molecule has 0 aromatic rings. The average Bonchev–Trinajstić information content (AvgIpc) is 2.64. The number of aliphatic hydroxyl groups excluding tert-OH is 1. The van der Waals surface area contributed by atoms with Gasteiger partial charge in [0.15, 0.2) is 6.10 Å². The lowest BCUT2D eigenvalue weighted by atomic mass is 10.0. The Morgan fingerprint density at radius 3 is 1.76 bits per heavy atom. The van der Waals surface area contributed by atoms with Gasteiger partial charge in [0.1, 0.15) is 5.60 Å². The summed E-state index contributed by atoms with van der Waals surface area (Å²) in [5.41, 5.74) is -0.502. The highest BCUT2D eigenvalue weighted by molar-refractivity contribution is 5.74. The van der Waals surface area contributed by atoms with Crippen LogP contribution in [-0.4, -0.2) is 35.4 Å². The SMILES string of the molecule is CCCCCCCCCCCCCCC(O)C(=O)OCCCC(=O)OC(C)(C)C. The van der Waals surface area contributed by atoms with Gasteiger partial charge in [0.2, 0.25) is 0 Å². The Balaban J connectivity index is 3.48. The van der Waals surface area contributed by atoms with Crippen molar-refractivity contribution in [2.45, 2.75) is 136 Å². The maximum atomic E-state index is 11.8. The van der Waals surface area contributed by atoms with Crippen LogP contribution in [0.1, 0.15) is 124 Å². The molecule has 0 spiro atoms. The molecule has 0 fully saturated rings. The number of carbonyl (C=O) groups is 2. The first kappa shape index (κ1) is 27.9. The van der Waals surface area contributed by atoms with Crippen LogP contribution in [0.3, 0.4) is 0 Å². The van der Waals surface area contributed by atoms with Crippen molar-refractivity contribution in [2.24, 2.45) is 0 Å². The van der Waals surface area contributed by atoms with Crippen LogP contribution >= 0.6 is 0 Å². The summed E-state index contributed by atoms with van der Waals surface area (Å²) in [5, 5.41) is 9.87. The highest BCUT2D eigenvalue weighted by atomic mass is 16.6. The summed E-state index contributed by atoms with van der Waals surface area (Å²) in [7, 11) is 0. The second-order valence-corrected chi connectivity index (χ2v) is 9.05. The second kappa shape index (κ2) is 17.7. The monoisotopic (exact) mass is 414 g/mol. The molecule has 1 unspecified atom stereocenters. The molecule has 0 radical (unpaired) electrons. The zero-order valence-corrected chi connectivity index (χ0v) is 19.5. The van der Waals surface area contributed by atoms with Gasteiger partial charge >= 0.3 is 11.9 Å². The first-order valence-electron chi connectivity index (χ1n) is 11.8. The summed E-state index contributed by atoms with van der Waals surface area (Å²) in [4.78, 5) is 23.3. The maximum Gasteiger partial charge on any atom is 0.334 e. The first-order valence-corrected chi connectivity index (χ1v) is 11.8. The minimum Gasteiger partial charge on any atom is -0.464 e. The number of rotatable bonds is 18. The second-order valence-electron chi connectivity index (χ2n) is 9.05. The Morgan fingerprint density at radius 2 is 1.28 bits per heavy atom. The highest BCUT2D eigenvalue weighted by Gasteiger charge is 2.18. The summed E-state index contributed by atoms with van der Waals surface area (Å²) in [5.74, 6) is -0.886. The Kier molecular flexibility index (Phi) is 17.1. The molecule has 0 amide bonds. The van der Waals surface area contributed by atoms with Crippen LogP contribution in [0.15, 0.2) is 0 Å². The van der Waals surface area contributed by atoms with Crippen LogP contribution in [0.5, 0.6) is 0 Å². The quantitative estimate of drug-likeness (QED) is 0.216. The van der Waals surface area contributed by atoms with E-state index < -0.39 is 17.7 Å². The molecule has 0 aromatic carbocycles. The number of unbranched alkanes of at least 4 members (excludes halogenated alkanes) is 11. The van der Waals surface area contributed by atoms with Gasteiger partial charge < -0.3 is 14.6 Å². The van der Waals surface area contributed by atoms with Gasteiger partial charge in [0.25, 0.3) is 0 Å². The third kappa shape index (κ3) is 20.0. The molecule has 0 aliphatic carbocycles. The Labute approximate surface area is 178 Å². The molecule has 0 aliphatic rings. The van der Waals surface area contributed by atoms with Crippen LogP contribution in [0, 0.1) is 0 Å². The van der Waals surface area contributed by atoms with Crippen LogP contribution in [0.25, 0.3) is 0 Å². The lowest BCUT2D eigenvalue weighted by Gasteiger charge is -2.19. The molecule has 172 valence electrons. The van der Waals surface area contributed by atoms with E-state index in [1.165, 1.54) is 57.8 Å². The van der Waals surface area contributed by atoms with Gasteiger partial charge in [0, 0.05) is 6.42 Å². The average molecular weight is 415 g/mol. The number of aliphatic hydroxyl groups is 1. The van der Waals surface area contributed by atoms with Crippen molar-refractivity contribution in [1.82, 2.24) is 0 Å². The highest BCUT2D eigenvalue weighted by Crippen LogP contribution is 2.13. The van der Waals surface area contributed by atoms with Crippen LogP contribution in [0.2, 0.25) is 0 Å². The first-order chi connectivity index (χ1) is 13.8. The lowest BCUT2D eigenvalue weighted by molar-refractivity contribution is -0.158. The molecule has 1 atom stereocenters. The number of carbonyl (C=O) groups excluding carboxylic acids is 2. The van der Waals surface area contributed by atoms with Crippen molar-refractivity contribution in [3.05, 3.63) is 0 Å². The molecule has 0 aromatic heterocycles. The number of hydrogen-bond acceptors (Lipinski definition) is 5. The third-order valence-electron chi connectivity index (χ3n) is 4.79. The lowest BCUT2D eigenvalue weighted by Crippen LogP contribution is -2.25. The fourth-order valence-electron chi connectivity index (χ4n) is 3.17. The number of ether oxygens (including phenoxy) is 2. The zero-order valence-electron chi connectivity index (χ0n) is 19.5. The summed E-state index contributed by atoms with van der Waals surface area (Å²) >= 11 is 0. The van der Waals surface area contributed by atoms with Gasteiger partial charge in [-0.25, -0.2) is 4.79 Å². The van der Waals surface area contributed by atoms with Gasteiger partial charge in [-0.3, -0.25) is 4.79 Å². The van der Waals surface area contributed by atoms with Crippen molar-refractivity contribution in [2.75, 3.05) is 6.61 Å². The normalized spacial score (nSPS) is 12.6. The molecular weight excluding hydrogens is 368 g/mol. The third-order valence-corrected chi connectivity index (χ3v) is 4.79. The summed E-state index contributed by atoms with van der Waals surface area (Å²) in [6.07, 6.45) is 15.0. The zero-order chi connectivity index (χ0) is 22.0. The molecule has 0 aliphatic heterocycles. The molecule has 0 heterocycles. The molecule has 0 saturated heterocycles. The maximum absolute atomic E-state index is 11.8. The van der Waals surface area contributed by atoms with E-state index in [1.54, 1.807) is 0 Å². The van der Waals surface area contributed by atoms with Crippen molar-refractivity contribution >= 4 is 11.9 Å². The van der Waals surface area contributed by atoms with Gasteiger partial charge in [-0.2, -0.15) is 0 Å². The Morgan fingerprint density at radius 1 is 0.793 bits per heavy atom. The van der Waals surface area contributed by atoms with Crippen LogP contribution in [0.4, 0.5) is 0 Å². The van der Waals surface area contributed by atoms with Crippen molar-refractivity contribution in [3.8, 4) is 0 Å². The molecule has 5 nitrogen and oxygen atoms in total. The van der Waals surface area contributed by atoms with Crippen molar-refractivity contribution in [3.63, 3.8) is 0 Å². The fraction of sp³-hybridized carbons (Fsp3) is 0.917. The van der Waals surface area contributed by atoms with E-state index in [0.717, 1.165) is 19.3 Å². The van der Waals surface area contributed by atoms with E-state index in [0.29, 0.717) is 12.8 Å². The number of esters is 2. The summed E-state index contributed by atoms with van der Waals surface area (Å²) in [6, 6.07) is 0. The standard InChI is InChI=1S/C24H46O5/c1-5-6-7-8-9-10-11-12-13-14-15-16-18-21(25)23(27)28-20-17-19-22(26)29-24(2,3)4/h21,25H,5-20H2,1-4H3. The van der Waals surface area contributed by atoms with E-state index in [4.69, 9.17) is 9.47 Å². The van der Waals surface area contributed by atoms with Gasteiger partial charge in [-0.05, 0) is 33.6 Å². The molecule has 0 saturated carbocycles. The van der Waals surface area contributed by atoms with Crippen LogP contribution in [-0.2, 0) is 19.1 Å². The Hall–Kier alpha value is -1.10. The van der Waals surface area contributed by atoms with Crippen molar-refractivity contribution in [1.29, 1.82) is 0 Å². The summed E-state index contributed by atoms with van der Waals surface area (Å²) in [6.45, 7) is 7.83. The Bertz CT molecular complexity index is 414. The van der Waals surface area contributed by atoms with Crippen LogP contribution < -0.4 is 0 Å². The fourth-order valence-corrected chi connectivity index (χ4v) is 3.17. The molecule has 1 N–H and O–H groups in total.